The van der Waals surface area contributed by atoms with Gasteiger partial charge in [-0.3, -0.25) is 0 Å². The number of nitrogens with zero attached hydrogens (tertiary/aromatic N) is 2. The monoisotopic (exact) mass is 544 g/mol. The van der Waals surface area contributed by atoms with Crippen molar-refractivity contribution < 1.29 is 8.42 Å². The number of aliphatic imine (C=N–C) groups is 1. The van der Waals surface area contributed by atoms with Crippen LogP contribution in [-0.2, 0) is 16.6 Å². The number of guanidine groups is 1. The minimum absolute atomic E-state index is 0. The Morgan fingerprint density at radius 1 is 1.07 bits per heavy atom. The predicted molar refractivity (Wildman–Crippen MR) is 135 cm³/mol. The molecule has 30 heavy (non-hydrogen) atoms. The average Bonchev–Trinajstić information content (AvgIpc) is 2.70. The smallest absolute Gasteiger partial charge is 0.242 e. The van der Waals surface area contributed by atoms with E-state index in [1.54, 1.807) is 18.2 Å². The molecule has 0 fully saturated rings. The van der Waals surface area contributed by atoms with E-state index < -0.39 is 10.0 Å². The molecule has 0 heterocycles. The highest BCUT2D eigenvalue weighted by atomic mass is 127. The predicted octanol–water partition coefficient (Wildman–Crippen LogP) is 3.72. The van der Waals surface area contributed by atoms with Crippen LogP contribution >= 0.6 is 24.0 Å². The summed E-state index contributed by atoms with van der Waals surface area (Å²) in [5.74, 6) is 0.990. The Balaban J connectivity index is 0.00000450. The van der Waals surface area contributed by atoms with E-state index in [1.165, 1.54) is 29.5 Å². The summed E-state index contributed by atoms with van der Waals surface area (Å²) < 4.78 is 26.4. The fourth-order valence-corrected chi connectivity index (χ4v) is 3.96. The number of rotatable bonds is 8. The van der Waals surface area contributed by atoms with E-state index in [0.29, 0.717) is 17.4 Å². The molecule has 0 aliphatic heterocycles. The van der Waals surface area contributed by atoms with Crippen molar-refractivity contribution in [2.24, 2.45) is 4.99 Å². The third kappa shape index (κ3) is 7.24. The normalized spacial score (nSPS) is 12.9. The Bertz CT molecular complexity index is 928. The molecule has 0 radical (unpaired) electrons. The zero-order chi connectivity index (χ0) is 21.4. The topological polar surface area (TPSA) is 73.8 Å². The molecular weight excluding hydrogens is 511 g/mol. The van der Waals surface area contributed by atoms with Crippen LogP contribution in [0, 0.1) is 6.92 Å². The maximum Gasteiger partial charge on any atom is 0.242 e. The third-order valence-electron chi connectivity index (χ3n) is 4.71. The first-order valence-electron chi connectivity index (χ1n) is 9.85. The second kappa shape index (κ2) is 12.3. The molecule has 2 aromatic carbocycles. The molecule has 0 bridgehead atoms. The first kappa shape index (κ1) is 26.4. The van der Waals surface area contributed by atoms with Crippen molar-refractivity contribution in [3.05, 3.63) is 65.2 Å². The van der Waals surface area contributed by atoms with E-state index in [2.05, 4.69) is 53.7 Å². The fraction of sp³-hybridized carbons (Fsp3) is 0.409. The maximum atomic E-state index is 12.6. The average molecular weight is 545 g/mol. The Hall–Kier alpha value is -1.65. The molecule has 0 spiro atoms. The van der Waals surface area contributed by atoms with Gasteiger partial charge in [-0.2, -0.15) is 0 Å². The lowest BCUT2D eigenvalue weighted by Gasteiger charge is -2.17. The van der Waals surface area contributed by atoms with Gasteiger partial charge in [0.1, 0.15) is 0 Å². The molecule has 6 nitrogen and oxygen atoms in total. The van der Waals surface area contributed by atoms with Crippen molar-refractivity contribution in [2.45, 2.75) is 38.1 Å². The lowest BCUT2D eigenvalue weighted by atomic mass is 10.0. The molecule has 2 N–H and O–H groups in total. The molecule has 0 amide bonds. The van der Waals surface area contributed by atoms with Gasteiger partial charge in [0, 0.05) is 27.2 Å². The summed E-state index contributed by atoms with van der Waals surface area (Å²) in [6, 6.07) is 15.5. The van der Waals surface area contributed by atoms with Gasteiger partial charge in [0.15, 0.2) is 5.96 Å². The van der Waals surface area contributed by atoms with Crippen LogP contribution in [0.5, 0.6) is 0 Å². The van der Waals surface area contributed by atoms with Gasteiger partial charge in [-0.15, -0.1) is 24.0 Å². The van der Waals surface area contributed by atoms with Crippen molar-refractivity contribution in [3.63, 3.8) is 0 Å². The first-order chi connectivity index (χ1) is 13.8. The van der Waals surface area contributed by atoms with Crippen LogP contribution in [0.1, 0.15) is 36.5 Å². The van der Waals surface area contributed by atoms with Crippen LogP contribution in [0.3, 0.4) is 0 Å². The highest BCUT2D eigenvalue weighted by molar-refractivity contribution is 14.0. The first-order valence-corrected chi connectivity index (χ1v) is 11.3. The molecule has 2 rings (SSSR count). The Kier molecular flexibility index (Phi) is 10.8. The van der Waals surface area contributed by atoms with Crippen LogP contribution < -0.4 is 10.6 Å². The molecule has 0 aliphatic carbocycles. The largest absolute Gasteiger partial charge is 0.357 e. The van der Waals surface area contributed by atoms with Crippen LogP contribution in [0.25, 0.3) is 0 Å². The summed E-state index contributed by atoms with van der Waals surface area (Å²) in [6.07, 6.45) is 0. The van der Waals surface area contributed by atoms with Crippen molar-refractivity contribution in [2.75, 3.05) is 27.2 Å². The van der Waals surface area contributed by atoms with E-state index in [1.807, 2.05) is 13.0 Å². The van der Waals surface area contributed by atoms with Crippen molar-refractivity contribution in [1.82, 2.24) is 14.9 Å². The van der Waals surface area contributed by atoms with E-state index >= 15 is 0 Å². The Morgan fingerprint density at radius 3 is 2.30 bits per heavy atom. The Labute approximate surface area is 198 Å². The molecular formula is C22H33IN4O2S. The molecule has 1 unspecified atom stereocenters. The third-order valence-corrected chi connectivity index (χ3v) is 6.62. The van der Waals surface area contributed by atoms with Crippen molar-refractivity contribution in [3.8, 4) is 0 Å². The van der Waals surface area contributed by atoms with Gasteiger partial charge in [0.2, 0.25) is 10.0 Å². The SMILES string of the molecule is CCNC(=NCc1ccccc1S(=O)(=O)N(C)C)NCC(C)c1ccc(C)cc1.I. The number of aryl methyl sites for hydroxylation is 1. The lowest BCUT2D eigenvalue weighted by Crippen LogP contribution is -2.39. The summed E-state index contributed by atoms with van der Waals surface area (Å²) in [7, 11) is -0.439. The quantitative estimate of drug-likeness (QED) is 0.302. The molecule has 166 valence electrons. The second-order valence-corrected chi connectivity index (χ2v) is 9.40. The van der Waals surface area contributed by atoms with Crippen LogP contribution in [0.4, 0.5) is 0 Å². The van der Waals surface area contributed by atoms with Gasteiger partial charge in [-0.1, -0.05) is 55.0 Å². The van der Waals surface area contributed by atoms with Crippen LogP contribution in [0.2, 0.25) is 0 Å². The number of nitrogens with one attached hydrogen (secondary N) is 2. The van der Waals surface area contributed by atoms with Gasteiger partial charge in [-0.25, -0.2) is 17.7 Å². The fourth-order valence-electron chi connectivity index (χ4n) is 2.85. The maximum absolute atomic E-state index is 12.6. The number of benzene rings is 2. The number of sulfonamides is 1. The van der Waals surface area contributed by atoms with Gasteiger partial charge >= 0.3 is 0 Å². The standard InChI is InChI=1S/C22H32N4O2S.HI/c1-6-23-22(24-15-18(3)19-13-11-17(2)12-14-19)25-16-20-9-7-8-10-21(20)29(27,28)26(4)5;/h7-14,18H,6,15-16H2,1-5H3,(H2,23,24,25);1H. The van der Waals surface area contributed by atoms with Gasteiger partial charge < -0.3 is 10.6 Å². The van der Waals surface area contributed by atoms with Crippen LogP contribution in [0.15, 0.2) is 58.4 Å². The second-order valence-electron chi connectivity index (χ2n) is 7.28. The molecule has 2 aromatic rings. The molecule has 1 atom stereocenters. The summed E-state index contributed by atoms with van der Waals surface area (Å²) >= 11 is 0. The van der Waals surface area contributed by atoms with E-state index in [0.717, 1.165) is 13.1 Å². The number of hydrogen-bond acceptors (Lipinski definition) is 3. The summed E-state index contributed by atoms with van der Waals surface area (Å²) in [6.45, 7) is 7.98. The minimum Gasteiger partial charge on any atom is -0.357 e. The summed E-state index contributed by atoms with van der Waals surface area (Å²) in [5, 5.41) is 6.59. The summed E-state index contributed by atoms with van der Waals surface area (Å²) in [4.78, 5) is 4.90. The Morgan fingerprint density at radius 2 is 1.70 bits per heavy atom. The van der Waals surface area contributed by atoms with Gasteiger partial charge in [-0.05, 0) is 37.0 Å². The zero-order valence-corrected chi connectivity index (χ0v) is 21.5. The van der Waals surface area contributed by atoms with E-state index in [-0.39, 0.29) is 35.4 Å². The van der Waals surface area contributed by atoms with Crippen LogP contribution in [-0.4, -0.2) is 45.9 Å². The number of halogens is 1. The molecule has 0 saturated carbocycles. The number of hydrogen-bond donors (Lipinski definition) is 2. The van der Waals surface area contributed by atoms with Gasteiger partial charge in [0.25, 0.3) is 0 Å². The highest BCUT2D eigenvalue weighted by Crippen LogP contribution is 2.19. The zero-order valence-electron chi connectivity index (χ0n) is 18.3. The highest BCUT2D eigenvalue weighted by Gasteiger charge is 2.20. The van der Waals surface area contributed by atoms with Crippen molar-refractivity contribution in [1.29, 1.82) is 0 Å². The molecule has 0 aromatic heterocycles. The lowest BCUT2D eigenvalue weighted by molar-refractivity contribution is 0.519. The van der Waals surface area contributed by atoms with Gasteiger partial charge in [0.05, 0.1) is 11.4 Å². The molecule has 8 heteroatoms. The molecule has 0 aliphatic rings. The van der Waals surface area contributed by atoms with Crippen molar-refractivity contribution >= 4 is 40.0 Å². The van der Waals surface area contributed by atoms with E-state index in [4.69, 9.17) is 0 Å². The minimum atomic E-state index is -3.51. The summed E-state index contributed by atoms with van der Waals surface area (Å²) in [5.41, 5.74) is 3.18. The molecule has 0 saturated heterocycles. The van der Waals surface area contributed by atoms with E-state index in [9.17, 15) is 8.42 Å².